The van der Waals surface area contributed by atoms with E-state index >= 15 is 0 Å². The highest BCUT2D eigenvalue weighted by Crippen LogP contribution is 2.27. The predicted molar refractivity (Wildman–Crippen MR) is 158 cm³/mol. The highest BCUT2D eigenvalue weighted by atomic mass is 32.1. The van der Waals surface area contributed by atoms with Gasteiger partial charge in [-0.05, 0) is 92.1 Å². The molecular formula is C31H36FN5O2S. The highest BCUT2D eigenvalue weighted by molar-refractivity contribution is 7.71. The number of aromatic nitrogens is 3. The lowest BCUT2D eigenvalue weighted by molar-refractivity contribution is 0.221. The molecule has 1 saturated heterocycles. The number of imidazole rings is 1. The van der Waals surface area contributed by atoms with Crippen LogP contribution in [-0.4, -0.2) is 50.9 Å². The summed E-state index contributed by atoms with van der Waals surface area (Å²) in [6.07, 6.45) is 6.87. The molecular weight excluding hydrogens is 525 g/mol. The van der Waals surface area contributed by atoms with Gasteiger partial charge >= 0.3 is 0 Å². The third kappa shape index (κ3) is 6.71. The van der Waals surface area contributed by atoms with Gasteiger partial charge in [0.2, 0.25) is 5.88 Å². The fourth-order valence-corrected chi connectivity index (χ4v) is 5.61. The molecule has 2 aromatic carbocycles. The van der Waals surface area contributed by atoms with E-state index < -0.39 is 0 Å². The summed E-state index contributed by atoms with van der Waals surface area (Å²) in [5, 5.41) is 14.6. The molecule has 9 heteroatoms. The fourth-order valence-electron chi connectivity index (χ4n) is 5.22. The van der Waals surface area contributed by atoms with Crippen LogP contribution in [0.3, 0.4) is 0 Å². The molecule has 2 N–H and O–H groups in total. The van der Waals surface area contributed by atoms with Crippen molar-refractivity contribution in [1.82, 2.24) is 19.0 Å². The average Bonchev–Trinajstić information content (AvgIpc) is 3.22. The van der Waals surface area contributed by atoms with Crippen LogP contribution in [0.25, 0.3) is 5.69 Å². The fraction of sp³-hybridized carbons (Fsp3) is 0.355. The van der Waals surface area contributed by atoms with Crippen LogP contribution in [0.1, 0.15) is 36.1 Å². The van der Waals surface area contributed by atoms with Gasteiger partial charge in [0.1, 0.15) is 17.4 Å². The Bertz CT molecular complexity index is 1440. The van der Waals surface area contributed by atoms with Crippen LogP contribution >= 0.6 is 12.2 Å². The molecule has 2 aromatic heterocycles. The number of benzene rings is 2. The molecule has 0 unspecified atom stereocenters. The lowest BCUT2D eigenvalue weighted by atomic mass is 10.1. The molecule has 1 aliphatic rings. The number of pyridine rings is 1. The van der Waals surface area contributed by atoms with Gasteiger partial charge in [0.25, 0.3) is 0 Å². The Morgan fingerprint density at radius 1 is 0.950 bits per heavy atom. The third-order valence-corrected chi connectivity index (χ3v) is 7.85. The zero-order valence-corrected chi connectivity index (χ0v) is 23.7. The summed E-state index contributed by atoms with van der Waals surface area (Å²) in [5.41, 5.74) is 3.89. The number of hydrogen-bond acceptors (Lipinski definition) is 6. The number of anilines is 1. The molecule has 7 nitrogen and oxygen atoms in total. The minimum Gasteiger partial charge on any atom is -0.495 e. The van der Waals surface area contributed by atoms with E-state index in [1.54, 1.807) is 30.0 Å². The maximum atomic E-state index is 13.6. The summed E-state index contributed by atoms with van der Waals surface area (Å²) in [4.78, 5) is 6.88. The van der Waals surface area contributed by atoms with Gasteiger partial charge in [-0.2, -0.15) is 0 Å². The summed E-state index contributed by atoms with van der Waals surface area (Å²) < 4.78 is 22.9. The number of rotatable bonds is 11. The van der Waals surface area contributed by atoms with Gasteiger partial charge in [-0.15, -0.1) is 0 Å². The Kier molecular flexibility index (Phi) is 9.13. The molecule has 5 rings (SSSR count). The van der Waals surface area contributed by atoms with Gasteiger partial charge in [0.15, 0.2) is 4.77 Å². The van der Waals surface area contributed by atoms with Gasteiger partial charge in [-0.3, -0.25) is 9.47 Å². The molecule has 0 bridgehead atoms. The number of aromatic hydroxyl groups is 1. The van der Waals surface area contributed by atoms with Gasteiger partial charge in [0, 0.05) is 26.1 Å². The maximum absolute atomic E-state index is 13.6. The van der Waals surface area contributed by atoms with E-state index in [0.29, 0.717) is 41.5 Å². The van der Waals surface area contributed by atoms with E-state index in [9.17, 15) is 9.50 Å². The zero-order chi connectivity index (χ0) is 27.9. The van der Waals surface area contributed by atoms with E-state index in [2.05, 4.69) is 39.5 Å². The van der Waals surface area contributed by atoms with Crippen molar-refractivity contribution in [2.45, 2.75) is 45.2 Å². The van der Waals surface area contributed by atoms with E-state index in [1.807, 2.05) is 16.7 Å². The Labute approximate surface area is 239 Å². The first-order chi connectivity index (χ1) is 19.5. The number of aryl methyl sites for hydroxylation is 1. The molecule has 0 radical (unpaired) electrons. The second-order valence-electron chi connectivity index (χ2n) is 10.2. The van der Waals surface area contributed by atoms with E-state index in [-0.39, 0.29) is 11.7 Å². The first-order valence-corrected chi connectivity index (χ1v) is 14.3. The summed E-state index contributed by atoms with van der Waals surface area (Å²) in [6, 6.07) is 18.5. The van der Waals surface area contributed by atoms with Crippen molar-refractivity contribution < 1.29 is 14.2 Å². The molecule has 0 atom stereocenters. The first-order valence-electron chi connectivity index (χ1n) is 13.9. The summed E-state index contributed by atoms with van der Waals surface area (Å²) in [6.45, 7) is 4.52. The van der Waals surface area contributed by atoms with Gasteiger partial charge in [-0.25, -0.2) is 9.37 Å². The molecule has 40 heavy (non-hydrogen) atoms. The lowest BCUT2D eigenvalue weighted by Crippen LogP contribution is -2.29. The minimum atomic E-state index is -0.339. The van der Waals surface area contributed by atoms with E-state index in [4.69, 9.17) is 17.0 Å². The van der Waals surface area contributed by atoms with E-state index in [0.717, 1.165) is 18.7 Å². The topological polar surface area (TPSA) is 67.5 Å². The molecule has 4 aromatic rings. The first kappa shape index (κ1) is 27.9. The molecule has 1 aliphatic heterocycles. The number of methoxy groups -OCH3 is 1. The Morgan fingerprint density at radius 2 is 1.68 bits per heavy atom. The van der Waals surface area contributed by atoms with Crippen molar-refractivity contribution in [3.8, 4) is 17.3 Å². The second-order valence-corrected chi connectivity index (χ2v) is 10.5. The molecule has 210 valence electrons. The minimum absolute atomic E-state index is 0.0676. The van der Waals surface area contributed by atoms with Crippen LogP contribution in [0, 0.1) is 10.6 Å². The van der Waals surface area contributed by atoms with Crippen LogP contribution in [0.15, 0.2) is 66.9 Å². The van der Waals surface area contributed by atoms with Crippen LogP contribution in [0.4, 0.5) is 10.2 Å². The lowest BCUT2D eigenvalue weighted by Gasteiger charge is -2.26. The Hall–Kier alpha value is -3.69. The second kappa shape index (κ2) is 13.1. The number of likely N-dealkylation sites (tertiary alicyclic amines) is 1. The molecule has 0 saturated carbocycles. The van der Waals surface area contributed by atoms with Crippen molar-refractivity contribution in [2.24, 2.45) is 0 Å². The maximum Gasteiger partial charge on any atom is 0.218 e. The number of nitrogens with zero attached hydrogens (tertiary/aromatic N) is 4. The number of nitrogens with one attached hydrogen (secondary N) is 1. The van der Waals surface area contributed by atoms with Crippen molar-refractivity contribution in [2.75, 3.05) is 32.1 Å². The zero-order valence-electron chi connectivity index (χ0n) is 22.9. The SMILES string of the molecule is COc1ccc(NCCc2c(O)n(-c3ccc(F)cc3)c(=S)n2CCc2ccc(CN3CCCCC3)cc2)nc1. The van der Waals surface area contributed by atoms with Crippen LogP contribution in [0.5, 0.6) is 11.6 Å². The van der Waals surface area contributed by atoms with Crippen molar-refractivity contribution in [3.63, 3.8) is 0 Å². The molecule has 0 amide bonds. The van der Waals surface area contributed by atoms with Crippen molar-refractivity contribution >= 4 is 18.0 Å². The molecule has 1 fully saturated rings. The number of hydrogen-bond donors (Lipinski definition) is 2. The summed E-state index contributed by atoms with van der Waals surface area (Å²) >= 11 is 5.83. The van der Waals surface area contributed by atoms with Crippen molar-refractivity contribution in [1.29, 1.82) is 0 Å². The molecule has 0 spiro atoms. The monoisotopic (exact) mass is 561 g/mol. The molecule has 0 aliphatic carbocycles. The Balaban J connectivity index is 1.32. The molecule has 3 heterocycles. The predicted octanol–water partition coefficient (Wildman–Crippen LogP) is 6.14. The summed E-state index contributed by atoms with van der Waals surface area (Å²) in [7, 11) is 1.60. The van der Waals surface area contributed by atoms with Crippen LogP contribution < -0.4 is 10.1 Å². The van der Waals surface area contributed by atoms with Crippen LogP contribution in [0.2, 0.25) is 0 Å². The Morgan fingerprint density at radius 3 is 2.35 bits per heavy atom. The standard InChI is InChI=1S/C31H36FN5O2S/c1-39-27-13-14-29(34-21-27)33-17-15-28-30(38)37(26-11-9-25(32)10-12-26)31(40)36(28)20-16-23-5-7-24(8-6-23)22-35-18-3-2-4-19-35/h5-14,21,38H,2-4,15-20,22H2,1H3,(H,33,34). The van der Waals surface area contributed by atoms with Gasteiger partial charge in [0.05, 0.1) is 24.7 Å². The van der Waals surface area contributed by atoms with Gasteiger partial charge in [-0.1, -0.05) is 30.7 Å². The normalized spacial score (nSPS) is 13.8. The highest BCUT2D eigenvalue weighted by Gasteiger charge is 2.19. The summed E-state index contributed by atoms with van der Waals surface area (Å²) in [5.74, 6) is 1.13. The largest absolute Gasteiger partial charge is 0.495 e. The van der Waals surface area contributed by atoms with Crippen molar-refractivity contribution in [3.05, 3.63) is 94.3 Å². The third-order valence-electron chi connectivity index (χ3n) is 7.44. The van der Waals surface area contributed by atoms with E-state index in [1.165, 1.54) is 55.6 Å². The smallest absolute Gasteiger partial charge is 0.218 e. The van der Waals surface area contributed by atoms with Gasteiger partial charge < -0.3 is 19.7 Å². The number of ether oxygens (including phenoxy) is 1. The van der Waals surface area contributed by atoms with Crippen LogP contribution in [-0.2, 0) is 25.9 Å². The average molecular weight is 562 g/mol. The number of piperidine rings is 1. The quantitative estimate of drug-likeness (QED) is 0.215. The number of halogens is 1.